The molecule has 0 unspecified atom stereocenters. The Morgan fingerprint density at radius 3 is 2.36 bits per heavy atom. The number of carboxylic acid groups (broad SMARTS) is 1. The van der Waals surface area contributed by atoms with E-state index in [0.29, 0.717) is 28.2 Å². The molecule has 6 heteroatoms. The van der Waals surface area contributed by atoms with Crippen LogP contribution in [0.2, 0.25) is 0 Å². The van der Waals surface area contributed by atoms with Gasteiger partial charge in [-0.15, -0.1) is 0 Å². The first-order valence-electron chi connectivity index (χ1n) is 7.69. The van der Waals surface area contributed by atoms with Crippen LogP contribution in [0.3, 0.4) is 0 Å². The number of hydrogen-bond acceptors (Lipinski definition) is 5. The van der Waals surface area contributed by atoms with Crippen molar-refractivity contribution >= 4 is 17.6 Å². The lowest BCUT2D eigenvalue weighted by atomic mass is 10.0. The normalized spacial score (nSPS) is 11.1. The summed E-state index contributed by atoms with van der Waals surface area (Å²) in [6, 6.07) is 12.2. The summed E-state index contributed by atoms with van der Waals surface area (Å²) in [6.07, 6.45) is -0.264. The minimum Gasteiger partial charge on any atom is -0.550 e. The van der Waals surface area contributed by atoms with Crippen LogP contribution in [-0.4, -0.2) is 24.7 Å². The van der Waals surface area contributed by atoms with Crippen molar-refractivity contribution < 1.29 is 19.4 Å². The maximum atomic E-state index is 12.1. The quantitative estimate of drug-likeness (QED) is 0.637. The third-order valence-electron chi connectivity index (χ3n) is 3.67. The van der Waals surface area contributed by atoms with Gasteiger partial charge in [-0.25, -0.2) is 5.43 Å². The summed E-state index contributed by atoms with van der Waals surface area (Å²) < 4.78 is 5.15. The van der Waals surface area contributed by atoms with Gasteiger partial charge in [0.15, 0.2) is 0 Å². The number of nitrogens with one attached hydrogen (secondary N) is 1. The number of aliphatic carboxylic acids is 1. The second kappa shape index (κ2) is 8.10. The fraction of sp³-hybridized carbons (Fsp3) is 0.211. The van der Waals surface area contributed by atoms with Gasteiger partial charge in [-0.2, -0.15) is 5.10 Å². The molecule has 0 aromatic heterocycles. The van der Waals surface area contributed by atoms with Gasteiger partial charge in [0.2, 0.25) is 0 Å². The first-order valence-corrected chi connectivity index (χ1v) is 7.69. The lowest BCUT2D eigenvalue weighted by molar-refractivity contribution is -0.304. The Balaban J connectivity index is 2.17. The van der Waals surface area contributed by atoms with Crippen LogP contribution in [0.1, 0.15) is 34.0 Å². The highest BCUT2D eigenvalue weighted by atomic mass is 16.5. The number of rotatable bonds is 6. The number of carbonyl (C=O) groups is 2. The molecule has 0 heterocycles. The number of carbonyl (C=O) groups excluding carboxylic acids is 2. The summed E-state index contributed by atoms with van der Waals surface area (Å²) in [5.41, 5.74) is 5.78. The summed E-state index contributed by atoms with van der Waals surface area (Å²) in [6.45, 7) is 3.66. The molecule has 1 amide bonds. The lowest BCUT2D eigenvalue weighted by Gasteiger charge is -2.11. The molecule has 0 aliphatic carbocycles. The van der Waals surface area contributed by atoms with Gasteiger partial charge < -0.3 is 14.6 Å². The van der Waals surface area contributed by atoms with Crippen LogP contribution in [0.4, 0.5) is 0 Å². The highest BCUT2D eigenvalue weighted by Crippen LogP contribution is 2.20. The average Bonchev–Trinajstić information content (AvgIpc) is 2.59. The van der Waals surface area contributed by atoms with E-state index < -0.39 is 5.97 Å². The van der Waals surface area contributed by atoms with E-state index in [2.05, 4.69) is 10.5 Å². The Labute approximate surface area is 146 Å². The van der Waals surface area contributed by atoms with E-state index in [9.17, 15) is 14.7 Å². The molecule has 25 heavy (non-hydrogen) atoms. The van der Waals surface area contributed by atoms with E-state index in [1.54, 1.807) is 37.3 Å². The SMILES string of the molecule is COc1ccc(/C(C)=N\NC(=O)c2ccc(C)cc2)cc1CC(=O)[O-]. The maximum absolute atomic E-state index is 12.1. The second-order valence-corrected chi connectivity index (χ2v) is 5.58. The van der Waals surface area contributed by atoms with Crippen LogP contribution in [0.15, 0.2) is 47.6 Å². The summed E-state index contributed by atoms with van der Waals surface area (Å²) in [7, 11) is 1.47. The van der Waals surface area contributed by atoms with Crippen molar-refractivity contribution in [2.24, 2.45) is 5.10 Å². The fourth-order valence-electron chi connectivity index (χ4n) is 2.27. The molecule has 6 nitrogen and oxygen atoms in total. The van der Waals surface area contributed by atoms with Crippen molar-refractivity contribution in [1.29, 1.82) is 0 Å². The standard InChI is InChI=1S/C19H20N2O4/c1-12-4-6-14(7-5-12)19(24)21-20-13(2)15-8-9-17(25-3)16(10-15)11-18(22)23/h4-10H,11H2,1-3H3,(H,21,24)(H,22,23)/p-1/b20-13-. The van der Waals surface area contributed by atoms with Crippen LogP contribution >= 0.6 is 0 Å². The Morgan fingerprint density at radius 1 is 1.12 bits per heavy atom. The van der Waals surface area contributed by atoms with Crippen LogP contribution in [0, 0.1) is 6.92 Å². The Kier molecular flexibility index (Phi) is 5.89. The predicted octanol–water partition coefficient (Wildman–Crippen LogP) is 1.45. The molecule has 2 rings (SSSR count). The fourth-order valence-corrected chi connectivity index (χ4v) is 2.27. The molecule has 0 saturated carbocycles. The van der Waals surface area contributed by atoms with Crippen LogP contribution in [0.5, 0.6) is 5.75 Å². The van der Waals surface area contributed by atoms with Crippen LogP contribution in [0.25, 0.3) is 0 Å². The Bertz CT molecular complexity index is 811. The highest BCUT2D eigenvalue weighted by molar-refractivity contribution is 6.01. The number of aryl methyl sites for hydroxylation is 1. The first kappa shape index (κ1) is 18.2. The van der Waals surface area contributed by atoms with E-state index in [1.807, 2.05) is 19.1 Å². The van der Waals surface area contributed by atoms with Crippen molar-refractivity contribution in [3.05, 3.63) is 64.7 Å². The number of benzene rings is 2. The number of hydrazone groups is 1. The third kappa shape index (κ3) is 4.91. The molecule has 0 aliphatic rings. The predicted molar refractivity (Wildman–Crippen MR) is 92.6 cm³/mol. The van der Waals surface area contributed by atoms with Crippen molar-refractivity contribution in [3.8, 4) is 5.75 Å². The number of amides is 1. The van der Waals surface area contributed by atoms with E-state index in [0.717, 1.165) is 5.56 Å². The van der Waals surface area contributed by atoms with Crippen LogP contribution < -0.4 is 15.3 Å². The molecule has 0 radical (unpaired) electrons. The van der Waals surface area contributed by atoms with Gasteiger partial charge >= 0.3 is 0 Å². The summed E-state index contributed by atoms with van der Waals surface area (Å²) >= 11 is 0. The Hall–Kier alpha value is -3.15. The topological polar surface area (TPSA) is 90.8 Å². The zero-order valence-electron chi connectivity index (χ0n) is 14.3. The number of carboxylic acids is 1. The van der Waals surface area contributed by atoms with E-state index in [4.69, 9.17) is 4.74 Å². The molecule has 1 N–H and O–H groups in total. The van der Waals surface area contributed by atoms with Gasteiger partial charge in [0, 0.05) is 23.5 Å². The van der Waals surface area contributed by atoms with Gasteiger partial charge in [-0.1, -0.05) is 17.7 Å². The first-order chi connectivity index (χ1) is 11.9. The minimum atomic E-state index is -1.20. The molecule has 0 aliphatic heterocycles. The number of methoxy groups -OCH3 is 1. The Morgan fingerprint density at radius 2 is 1.76 bits per heavy atom. The zero-order chi connectivity index (χ0) is 18.4. The molecule has 0 spiro atoms. The third-order valence-corrected chi connectivity index (χ3v) is 3.67. The number of hydrogen-bond donors (Lipinski definition) is 1. The summed E-state index contributed by atoms with van der Waals surface area (Å²) in [4.78, 5) is 22.9. The largest absolute Gasteiger partial charge is 0.550 e. The highest BCUT2D eigenvalue weighted by Gasteiger charge is 2.08. The summed E-state index contributed by atoms with van der Waals surface area (Å²) in [5, 5.41) is 14.9. The molecular formula is C19H19N2O4-. The number of ether oxygens (including phenoxy) is 1. The molecule has 2 aromatic carbocycles. The smallest absolute Gasteiger partial charge is 0.271 e. The van der Waals surface area contributed by atoms with Gasteiger partial charge in [-0.05, 0) is 49.7 Å². The number of nitrogens with zero attached hydrogens (tertiary/aromatic N) is 1. The van der Waals surface area contributed by atoms with Crippen molar-refractivity contribution in [2.45, 2.75) is 20.3 Å². The molecule has 2 aromatic rings. The molecule has 130 valence electrons. The molecular weight excluding hydrogens is 320 g/mol. The second-order valence-electron chi connectivity index (χ2n) is 5.58. The monoisotopic (exact) mass is 339 g/mol. The van der Waals surface area contributed by atoms with Crippen molar-refractivity contribution in [1.82, 2.24) is 5.43 Å². The molecule has 0 atom stereocenters. The van der Waals surface area contributed by atoms with E-state index in [1.165, 1.54) is 7.11 Å². The summed E-state index contributed by atoms with van der Waals surface area (Å²) in [5.74, 6) is -1.05. The maximum Gasteiger partial charge on any atom is 0.271 e. The van der Waals surface area contributed by atoms with Gasteiger partial charge in [0.25, 0.3) is 5.91 Å². The molecule has 0 bridgehead atoms. The van der Waals surface area contributed by atoms with Gasteiger partial charge in [-0.3, -0.25) is 4.79 Å². The van der Waals surface area contributed by atoms with Crippen molar-refractivity contribution in [2.75, 3.05) is 7.11 Å². The van der Waals surface area contributed by atoms with E-state index in [-0.39, 0.29) is 12.3 Å². The molecule has 0 saturated heterocycles. The van der Waals surface area contributed by atoms with Crippen LogP contribution in [-0.2, 0) is 11.2 Å². The van der Waals surface area contributed by atoms with Crippen molar-refractivity contribution in [3.63, 3.8) is 0 Å². The van der Waals surface area contributed by atoms with Gasteiger partial charge in [0.1, 0.15) is 5.75 Å². The van der Waals surface area contributed by atoms with Gasteiger partial charge in [0.05, 0.1) is 12.8 Å². The minimum absolute atomic E-state index is 0.264. The zero-order valence-corrected chi connectivity index (χ0v) is 14.3. The average molecular weight is 339 g/mol. The lowest BCUT2D eigenvalue weighted by Crippen LogP contribution is -2.24. The van der Waals surface area contributed by atoms with E-state index >= 15 is 0 Å². The molecule has 0 fully saturated rings.